The first-order valence-corrected chi connectivity index (χ1v) is 8.72. The van der Waals surface area contributed by atoms with Crippen molar-refractivity contribution in [2.75, 3.05) is 0 Å². The molecular weight excluding hydrogens is 317 g/mol. The van der Waals surface area contributed by atoms with E-state index in [1.807, 2.05) is 6.07 Å². The van der Waals surface area contributed by atoms with Gasteiger partial charge in [-0.05, 0) is 67.7 Å². The van der Waals surface area contributed by atoms with E-state index in [-0.39, 0.29) is 11.9 Å². The Morgan fingerprint density at radius 3 is 2.77 bits per heavy atom. The van der Waals surface area contributed by atoms with Crippen LogP contribution in [0.5, 0.6) is 0 Å². The number of carbonyl (C=O) groups is 1. The fourth-order valence-corrected chi connectivity index (χ4v) is 4.56. The van der Waals surface area contributed by atoms with Crippen molar-refractivity contribution in [1.29, 1.82) is 0 Å². The van der Waals surface area contributed by atoms with E-state index in [9.17, 15) is 4.79 Å². The summed E-state index contributed by atoms with van der Waals surface area (Å²) in [7, 11) is 0. The van der Waals surface area contributed by atoms with E-state index in [0.29, 0.717) is 16.0 Å². The van der Waals surface area contributed by atoms with Crippen LogP contribution in [0.2, 0.25) is 10.0 Å². The van der Waals surface area contributed by atoms with Crippen LogP contribution in [-0.4, -0.2) is 11.9 Å². The van der Waals surface area contributed by atoms with Gasteiger partial charge in [-0.25, -0.2) is 0 Å². The van der Waals surface area contributed by atoms with Crippen molar-refractivity contribution in [3.8, 4) is 0 Å². The number of amides is 1. The molecule has 2 aliphatic carbocycles. The highest BCUT2D eigenvalue weighted by molar-refractivity contribution is 6.35. The fraction of sp³-hybridized carbons (Fsp3) is 0.500. The minimum absolute atomic E-state index is 0.0544. The maximum atomic E-state index is 12.1. The number of nitrogens with one attached hydrogen (secondary N) is 1. The average Bonchev–Trinajstić information content (AvgIpc) is 3.09. The Morgan fingerprint density at radius 2 is 2.14 bits per heavy atom. The summed E-state index contributed by atoms with van der Waals surface area (Å²) in [6, 6.07) is 5.50. The lowest BCUT2D eigenvalue weighted by molar-refractivity contribution is -0.117. The molecule has 1 aromatic rings. The van der Waals surface area contributed by atoms with Gasteiger partial charge in [0.2, 0.25) is 5.91 Å². The lowest BCUT2D eigenvalue weighted by atomic mass is 9.84. The molecular formula is C18H21Cl2NO. The zero-order valence-corrected chi connectivity index (χ0v) is 14.2. The molecule has 0 unspecified atom stereocenters. The minimum Gasteiger partial charge on any atom is -0.350 e. The molecule has 0 radical (unpaired) electrons. The summed E-state index contributed by atoms with van der Waals surface area (Å²) in [6.45, 7) is 2.13. The number of halogens is 2. The first-order chi connectivity index (χ1) is 10.5. The Labute approximate surface area is 141 Å². The van der Waals surface area contributed by atoms with Gasteiger partial charge in [0, 0.05) is 22.2 Å². The van der Waals surface area contributed by atoms with E-state index in [1.54, 1.807) is 24.3 Å². The molecule has 2 nitrogen and oxygen atoms in total. The Bertz CT molecular complexity index is 599. The highest BCUT2D eigenvalue weighted by Gasteiger charge is 2.41. The van der Waals surface area contributed by atoms with Crippen LogP contribution in [0.3, 0.4) is 0 Å². The SMILES string of the molecule is C[C@H](NC(=O)/C=C/c1ccc(Cl)cc1Cl)[C@@H]1C[C@@H]2CC[C@@H]1C2. The number of rotatable bonds is 4. The Morgan fingerprint density at radius 1 is 1.32 bits per heavy atom. The first-order valence-electron chi connectivity index (χ1n) is 7.96. The van der Waals surface area contributed by atoms with E-state index in [4.69, 9.17) is 23.2 Å². The Hall–Kier alpha value is -0.990. The molecule has 2 aliphatic rings. The Kier molecular flexibility index (Phi) is 4.79. The second-order valence-electron chi connectivity index (χ2n) is 6.64. The summed E-state index contributed by atoms with van der Waals surface area (Å²) >= 11 is 12.0. The predicted octanol–water partition coefficient (Wildman–Crippen LogP) is 4.95. The molecule has 0 aromatic heterocycles. The van der Waals surface area contributed by atoms with Crippen LogP contribution in [-0.2, 0) is 4.79 Å². The zero-order valence-electron chi connectivity index (χ0n) is 12.7. The normalized spacial score (nSPS) is 28.2. The minimum atomic E-state index is -0.0544. The van der Waals surface area contributed by atoms with Crippen LogP contribution in [0, 0.1) is 17.8 Å². The van der Waals surface area contributed by atoms with Crippen molar-refractivity contribution < 1.29 is 4.79 Å². The molecule has 1 N–H and O–H groups in total. The second-order valence-corrected chi connectivity index (χ2v) is 7.48. The van der Waals surface area contributed by atoms with Gasteiger partial charge < -0.3 is 5.32 Å². The number of fused-ring (bicyclic) bond motifs is 2. The number of hydrogen-bond acceptors (Lipinski definition) is 1. The summed E-state index contributed by atoms with van der Waals surface area (Å²) in [5, 5.41) is 4.26. The number of benzene rings is 1. The van der Waals surface area contributed by atoms with Gasteiger partial charge in [-0.1, -0.05) is 35.7 Å². The highest BCUT2D eigenvalue weighted by atomic mass is 35.5. The van der Waals surface area contributed by atoms with E-state index in [1.165, 1.54) is 25.7 Å². The van der Waals surface area contributed by atoms with Gasteiger partial charge in [0.05, 0.1) is 0 Å². The van der Waals surface area contributed by atoms with Gasteiger partial charge in [0.15, 0.2) is 0 Å². The van der Waals surface area contributed by atoms with E-state index in [0.717, 1.165) is 17.4 Å². The second kappa shape index (κ2) is 6.64. The zero-order chi connectivity index (χ0) is 15.7. The quantitative estimate of drug-likeness (QED) is 0.774. The smallest absolute Gasteiger partial charge is 0.244 e. The number of hydrogen-bond donors (Lipinski definition) is 1. The van der Waals surface area contributed by atoms with Gasteiger partial charge in [-0.15, -0.1) is 0 Å². The lowest BCUT2D eigenvalue weighted by Crippen LogP contribution is -2.39. The number of carbonyl (C=O) groups excluding carboxylic acids is 1. The first kappa shape index (κ1) is 15.9. The monoisotopic (exact) mass is 337 g/mol. The highest BCUT2D eigenvalue weighted by Crippen LogP contribution is 2.49. The molecule has 118 valence electrons. The molecule has 2 fully saturated rings. The molecule has 2 saturated carbocycles. The lowest BCUT2D eigenvalue weighted by Gasteiger charge is -2.28. The molecule has 0 aliphatic heterocycles. The third-order valence-corrected chi connectivity index (χ3v) is 5.74. The third kappa shape index (κ3) is 3.49. The molecule has 1 amide bonds. The van der Waals surface area contributed by atoms with Crippen LogP contribution in [0.15, 0.2) is 24.3 Å². The van der Waals surface area contributed by atoms with Crippen LogP contribution in [0.4, 0.5) is 0 Å². The molecule has 3 rings (SSSR count). The maximum absolute atomic E-state index is 12.1. The Balaban J connectivity index is 1.56. The summed E-state index contributed by atoms with van der Waals surface area (Å²) in [5.41, 5.74) is 0.800. The third-order valence-electron chi connectivity index (χ3n) is 5.18. The summed E-state index contributed by atoms with van der Waals surface area (Å²) in [5.74, 6) is 2.31. The van der Waals surface area contributed by atoms with Crippen molar-refractivity contribution >= 4 is 35.2 Å². The van der Waals surface area contributed by atoms with Crippen molar-refractivity contribution in [2.24, 2.45) is 17.8 Å². The largest absolute Gasteiger partial charge is 0.350 e. The average molecular weight is 338 g/mol. The predicted molar refractivity (Wildman–Crippen MR) is 92.0 cm³/mol. The van der Waals surface area contributed by atoms with Gasteiger partial charge in [-0.2, -0.15) is 0 Å². The molecule has 0 heterocycles. The fourth-order valence-electron chi connectivity index (χ4n) is 4.09. The van der Waals surface area contributed by atoms with Gasteiger partial charge in [-0.3, -0.25) is 4.79 Å². The van der Waals surface area contributed by atoms with Crippen molar-refractivity contribution in [3.63, 3.8) is 0 Å². The molecule has 2 bridgehead atoms. The summed E-state index contributed by atoms with van der Waals surface area (Å²) in [6.07, 6.45) is 8.66. The standard InChI is InChI=1S/C18H21Cl2NO/c1-11(16-9-12-2-3-14(16)8-12)21-18(22)7-5-13-4-6-15(19)10-17(13)20/h4-7,10-12,14,16H,2-3,8-9H2,1H3,(H,21,22)/b7-5+/t11-,12+,14+,16-/m0/s1. The molecule has 4 heteroatoms. The van der Waals surface area contributed by atoms with Crippen LogP contribution < -0.4 is 5.32 Å². The van der Waals surface area contributed by atoms with Crippen LogP contribution >= 0.6 is 23.2 Å². The van der Waals surface area contributed by atoms with Crippen molar-refractivity contribution in [3.05, 3.63) is 39.9 Å². The van der Waals surface area contributed by atoms with Crippen LogP contribution in [0.25, 0.3) is 6.08 Å². The summed E-state index contributed by atoms with van der Waals surface area (Å²) in [4.78, 5) is 12.1. The molecule has 0 saturated heterocycles. The van der Waals surface area contributed by atoms with Crippen molar-refractivity contribution in [1.82, 2.24) is 5.32 Å². The van der Waals surface area contributed by atoms with Crippen LogP contribution in [0.1, 0.15) is 38.2 Å². The van der Waals surface area contributed by atoms with E-state index in [2.05, 4.69) is 12.2 Å². The molecule has 0 spiro atoms. The van der Waals surface area contributed by atoms with Gasteiger partial charge in [0.1, 0.15) is 0 Å². The van der Waals surface area contributed by atoms with Crippen molar-refractivity contribution in [2.45, 2.75) is 38.6 Å². The maximum Gasteiger partial charge on any atom is 0.244 e. The van der Waals surface area contributed by atoms with E-state index < -0.39 is 0 Å². The molecule has 4 atom stereocenters. The summed E-state index contributed by atoms with van der Waals surface area (Å²) < 4.78 is 0. The van der Waals surface area contributed by atoms with Gasteiger partial charge >= 0.3 is 0 Å². The molecule has 1 aromatic carbocycles. The topological polar surface area (TPSA) is 29.1 Å². The molecule has 22 heavy (non-hydrogen) atoms. The van der Waals surface area contributed by atoms with E-state index >= 15 is 0 Å². The van der Waals surface area contributed by atoms with Gasteiger partial charge in [0.25, 0.3) is 0 Å².